The van der Waals surface area contributed by atoms with Gasteiger partial charge in [0.25, 0.3) is 5.56 Å². The van der Waals surface area contributed by atoms with Crippen LogP contribution in [0.1, 0.15) is 12.5 Å². The molecular formula is C17H13ClN4OS. The Labute approximate surface area is 146 Å². The van der Waals surface area contributed by atoms with Crippen molar-refractivity contribution in [1.82, 2.24) is 14.6 Å². The monoisotopic (exact) mass is 356 g/mol. The summed E-state index contributed by atoms with van der Waals surface area (Å²) in [5.74, 6) is 0. The summed E-state index contributed by atoms with van der Waals surface area (Å²) in [6.07, 6.45) is 0.996. The minimum absolute atomic E-state index is 0.197. The topological polar surface area (TPSA) is 59.3 Å². The van der Waals surface area contributed by atoms with E-state index in [-0.39, 0.29) is 5.56 Å². The number of benzene rings is 2. The SMILES string of the molecule is CCc1ccc(Nc2nn3c(=O)c4ccc(Cl)cc4nc3s2)cc1. The third kappa shape index (κ3) is 2.64. The lowest BCUT2D eigenvalue weighted by molar-refractivity contribution is 0.919. The van der Waals surface area contributed by atoms with Crippen LogP contribution in [0.25, 0.3) is 15.9 Å². The van der Waals surface area contributed by atoms with Crippen molar-refractivity contribution >= 4 is 49.6 Å². The minimum atomic E-state index is -0.197. The van der Waals surface area contributed by atoms with Gasteiger partial charge >= 0.3 is 0 Å². The van der Waals surface area contributed by atoms with E-state index in [0.29, 0.717) is 26.0 Å². The highest BCUT2D eigenvalue weighted by Gasteiger charge is 2.11. The third-order valence-electron chi connectivity index (χ3n) is 3.77. The molecule has 2 aromatic carbocycles. The zero-order valence-electron chi connectivity index (χ0n) is 12.8. The van der Waals surface area contributed by atoms with Gasteiger partial charge in [0.1, 0.15) is 0 Å². The summed E-state index contributed by atoms with van der Waals surface area (Å²) in [6.45, 7) is 2.12. The average Bonchev–Trinajstić information content (AvgIpc) is 2.98. The fourth-order valence-electron chi connectivity index (χ4n) is 2.48. The Hall–Kier alpha value is -2.44. The maximum atomic E-state index is 12.5. The maximum Gasteiger partial charge on any atom is 0.283 e. The van der Waals surface area contributed by atoms with E-state index in [9.17, 15) is 4.79 Å². The van der Waals surface area contributed by atoms with Crippen molar-refractivity contribution in [2.24, 2.45) is 0 Å². The summed E-state index contributed by atoms with van der Waals surface area (Å²) in [4.78, 5) is 17.6. The number of aromatic nitrogens is 3. The van der Waals surface area contributed by atoms with Crippen LogP contribution in [0.2, 0.25) is 5.02 Å². The predicted octanol–water partition coefficient (Wildman–Crippen LogP) is 4.26. The first kappa shape index (κ1) is 15.1. The van der Waals surface area contributed by atoms with Crippen molar-refractivity contribution in [3.05, 3.63) is 63.4 Å². The molecule has 4 aromatic rings. The molecule has 7 heteroatoms. The number of halogens is 1. The molecule has 5 nitrogen and oxygen atoms in total. The Balaban J connectivity index is 1.78. The van der Waals surface area contributed by atoms with Gasteiger partial charge in [0.05, 0.1) is 10.9 Å². The smallest absolute Gasteiger partial charge is 0.283 e. The fourth-order valence-corrected chi connectivity index (χ4v) is 3.46. The van der Waals surface area contributed by atoms with E-state index in [1.54, 1.807) is 18.2 Å². The second-order valence-corrected chi connectivity index (χ2v) is 6.75. The molecule has 0 atom stereocenters. The minimum Gasteiger partial charge on any atom is -0.330 e. The Morgan fingerprint density at radius 1 is 1.21 bits per heavy atom. The molecule has 120 valence electrons. The number of rotatable bonds is 3. The molecule has 24 heavy (non-hydrogen) atoms. The number of nitrogens with zero attached hydrogens (tertiary/aromatic N) is 3. The molecule has 4 rings (SSSR count). The molecule has 0 saturated carbocycles. The van der Waals surface area contributed by atoms with Crippen molar-refractivity contribution in [3.8, 4) is 0 Å². The first-order chi connectivity index (χ1) is 11.6. The standard InChI is InChI=1S/C17H13ClN4OS/c1-2-10-3-6-12(7-4-10)19-16-21-22-15(23)13-8-5-11(18)9-14(13)20-17(22)24-16/h3-9H,2H2,1H3,(H,19,21). The van der Waals surface area contributed by atoms with E-state index in [1.807, 2.05) is 12.1 Å². The van der Waals surface area contributed by atoms with Crippen LogP contribution in [0, 0.1) is 0 Å². The van der Waals surface area contributed by atoms with Crippen LogP contribution in [0.15, 0.2) is 47.3 Å². The molecule has 0 radical (unpaired) electrons. The quantitative estimate of drug-likeness (QED) is 0.595. The van der Waals surface area contributed by atoms with Gasteiger partial charge in [-0.15, -0.1) is 5.10 Å². The van der Waals surface area contributed by atoms with Crippen molar-refractivity contribution in [2.45, 2.75) is 13.3 Å². The van der Waals surface area contributed by atoms with Crippen molar-refractivity contribution in [3.63, 3.8) is 0 Å². The van der Waals surface area contributed by atoms with Crippen LogP contribution in [0.3, 0.4) is 0 Å². The van der Waals surface area contributed by atoms with Gasteiger partial charge in [-0.2, -0.15) is 4.52 Å². The third-order valence-corrected chi connectivity index (χ3v) is 4.83. The predicted molar refractivity (Wildman–Crippen MR) is 98.8 cm³/mol. The summed E-state index contributed by atoms with van der Waals surface area (Å²) < 4.78 is 1.32. The zero-order valence-corrected chi connectivity index (χ0v) is 14.4. The zero-order chi connectivity index (χ0) is 16.7. The molecule has 0 aliphatic carbocycles. The maximum absolute atomic E-state index is 12.5. The number of fused-ring (bicyclic) bond motifs is 2. The summed E-state index contributed by atoms with van der Waals surface area (Å²) >= 11 is 7.31. The van der Waals surface area contributed by atoms with Crippen LogP contribution in [-0.4, -0.2) is 14.6 Å². The molecule has 2 heterocycles. The second-order valence-electron chi connectivity index (χ2n) is 5.36. The molecule has 0 amide bonds. The molecule has 0 bridgehead atoms. The highest BCUT2D eigenvalue weighted by atomic mass is 35.5. The normalized spacial score (nSPS) is 11.2. The number of hydrogen-bond donors (Lipinski definition) is 1. The first-order valence-electron chi connectivity index (χ1n) is 7.49. The van der Waals surface area contributed by atoms with Crippen molar-refractivity contribution in [1.29, 1.82) is 0 Å². The largest absolute Gasteiger partial charge is 0.330 e. The lowest BCUT2D eigenvalue weighted by atomic mass is 10.1. The average molecular weight is 357 g/mol. The van der Waals surface area contributed by atoms with Gasteiger partial charge in [0.2, 0.25) is 10.1 Å². The Bertz CT molecular complexity index is 1100. The van der Waals surface area contributed by atoms with Gasteiger partial charge in [0.15, 0.2) is 0 Å². The Kier molecular flexibility index (Phi) is 3.70. The van der Waals surface area contributed by atoms with E-state index in [2.05, 4.69) is 34.5 Å². The van der Waals surface area contributed by atoms with E-state index in [4.69, 9.17) is 11.6 Å². The van der Waals surface area contributed by atoms with Crippen LogP contribution < -0.4 is 10.9 Å². The summed E-state index contributed by atoms with van der Waals surface area (Å²) in [6, 6.07) is 13.2. The van der Waals surface area contributed by atoms with Crippen LogP contribution >= 0.6 is 22.9 Å². The molecular weight excluding hydrogens is 344 g/mol. The van der Waals surface area contributed by atoms with Gasteiger partial charge in [-0.3, -0.25) is 4.79 Å². The van der Waals surface area contributed by atoms with Gasteiger partial charge in [-0.1, -0.05) is 42.0 Å². The molecule has 0 aliphatic heterocycles. The Morgan fingerprint density at radius 2 is 2.00 bits per heavy atom. The molecule has 0 spiro atoms. The summed E-state index contributed by atoms with van der Waals surface area (Å²) in [5.41, 5.74) is 2.57. The molecule has 2 aromatic heterocycles. The van der Waals surface area contributed by atoms with E-state index >= 15 is 0 Å². The van der Waals surface area contributed by atoms with Gasteiger partial charge in [0, 0.05) is 10.7 Å². The molecule has 0 unspecified atom stereocenters. The van der Waals surface area contributed by atoms with Crippen LogP contribution in [0.5, 0.6) is 0 Å². The van der Waals surface area contributed by atoms with Gasteiger partial charge in [-0.05, 0) is 42.3 Å². The molecule has 0 saturated heterocycles. The van der Waals surface area contributed by atoms with E-state index in [0.717, 1.165) is 12.1 Å². The highest BCUT2D eigenvalue weighted by Crippen LogP contribution is 2.24. The number of hydrogen-bond acceptors (Lipinski definition) is 5. The molecule has 1 N–H and O–H groups in total. The number of aryl methyl sites for hydroxylation is 1. The fraction of sp³-hybridized carbons (Fsp3) is 0.118. The Morgan fingerprint density at radius 3 is 2.75 bits per heavy atom. The lowest BCUT2D eigenvalue weighted by Gasteiger charge is -2.02. The van der Waals surface area contributed by atoms with Crippen LogP contribution in [-0.2, 0) is 6.42 Å². The van der Waals surface area contributed by atoms with E-state index in [1.165, 1.54) is 21.4 Å². The van der Waals surface area contributed by atoms with Crippen molar-refractivity contribution < 1.29 is 0 Å². The first-order valence-corrected chi connectivity index (χ1v) is 8.68. The molecule has 0 aliphatic rings. The lowest BCUT2D eigenvalue weighted by Crippen LogP contribution is -2.15. The summed E-state index contributed by atoms with van der Waals surface area (Å²) in [7, 11) is 0. The van der Waals surface area contributed by atoms with Gasteiger partial charge < -0.3 is 5.32 Å². The summed E-state index contributed by atoms with van der Waals surface area (Å²) in [5, 5.41) is 9.23. The second kappa shape index (κ2) is 5.89. The number of nitrogens with one attached hydrogen (secondary N) is 1. The van der Waals surface area contributed by atoms with Gasteiger partial charge in [-0.25, -0.2) is 4.98 Å². The number of anilines is 2. The van der Waals surface area contributed by atoms with Crippen molar-refractivity contribution in [2.75, 3.05) is 5.32 Å². The van der Waals surface area contributed by atoms with E-state index < -0.39 is 0 Å². The molecule has 0 fully saturated rings. The van der Waals surface area contributed by atoms with Crippen LogP contribution in [0.4, 0.5) is 10.8 Å². The highest BCUT2D eigenvalue weighted by molar-refractivity contribution is 7.20.